The minimum Gasteiger partial charge on any atom is -0.360 e. The lowest BCUT2D eigenvalue weighted by atomic mass is 10.1. The fourth-order valence-electron chi connectivity index (χ4n) is 4.27. The van der Waals surface area contributed by atoms with Crippen molar-refractivity contribution in [3.8, 4) is 0 Å². The molecule has 210 valence electrons. The molecule has 3 aromatic rings. The first-order valence-corrected chi connectivity index (χ1v) is 12.6. The molecule has 14 heteroatoms. The van der Waals surface area contributed by atoms with Gasteiger partial charge in [-0.05, 0) is 35.8 Å². The van der Waals surface area contributed by atoms with E-state index in [1.807, 2.05) is 13.2 Å². The number of aliphatic hydroxyl groups is 2. The first-order valence-electron chi connectivity index (χ1n) is 12.2. The van der Waals surface area contributed by atoms with Gasteiger partial charge in [0.25, 0.3) is 0 Å². The Kier molecular flexibility index (Phi) is 8.95. The van der Waals surface area contributed by atoms with E-state index in [0.717, 1.165) is 30.5 Å². The molecule has 0 saturated carbocycles. The Bertz CT molecular complexity index is 1350. The highest BCUT2D eigenvalue weighted by Gasteiger charge is 2.36. The summed E-state index contributed by atoms with van der Waals surface area (Å²) in [5.41, 5.74) is 2.33. The Morgan fingerprint density at radius 3 is 2.49 bits per heavy atom. The van der Waals surface area contributed by atoms with Gasteiger partial charge in [-0.2, -0.15) is 5.10 Å². The van der Waals surface area contributed by atoms with Crippen LogP contribution in [0.5, 0.6) is 0 Å². The predicted molar refractivity (Wildman–Crippen MR) is 139 cm³/mol. The van der Waals surface area contributed by atoms with E-state index in [1.54, 1.807) is 34.9 Å². The van der Waals surface area contributed by atoms with Crippen molar-refractivity contribution in [1.29, 1.82) is 0 Å². The Labute approximate surface area is 228 Å². The second-order valence-corrected chi connectivity index (χ2v) is 9.74. The summed E-state index contributed by atoms with van der Waals surface area (Å²) < 4.78 is 44.8. The van der Waals surface area contributed by atoms with Crippen LogP contribution in [-0.2, 0) is 33.6 Å². The molecule has 10 nitrogen and oxygen atoms in total. The zero-order valence-corrected chi connectivity index (χ0v) is 22.4. The van der Waals surface area contributed by atoms with Crippen LogP contribution in [0.3, 0.4) is 0 Å². The van der Waals surface area contributed by atoms with Gasteiger partial charge in [-0.15, -0.1) is 0 Å². The molecule has 2 atom stereocenters. The Hall–Kier alpha value is -3.39. The molecule has 1 aliphatic heterocycles. The van der Waals surface area contributed by atoms with E-state index in [-0.39, 0.29) is 31.2 Å². The van der Waals surface area contributed by atoms with Crippen LogP contribution in [0.4, 0.5) is 13.2 Å². The van der Waals surface area contributed by atoms with Crippen LogP contribution in [-0.4, -0.2) is 64.6 Å². The number of nitrogens with zero attached hydrogens (tertiary/aromatic N) is 7. The van der Waals surface area contributed by atoms with Crippen molar-refractivity contribution in [2.75, 3.05) is 6.54 Å². The predicted octanol–water partition coefficient (Wildman–Crippen LogP) is 2.62. The van der Waals surface area contributed by atoms with Gasteiger partial charge in [0.15, 0.2) is 23.8 Å². The van der Waals surface area contributed by atoms with Gasteiger partial charge in [-0.3, -0.25) is 9.58 Å². The maximum atomic E-state index is 13.9. The lowest BCUT2D eigenvalue weighted by Crippen LogP contribution is -2.60. The first kappa shape index (κ1) is 28.6. The molecule has 39 heavy (non-hydrogen) atoms. The number of guanidine groups is 1. The first-order chi connectivity index (χ1) is 18.5. The van der Waals surface area contributed by atoms with Gasteiger partial charge >= 0.3 is 0 Å². The van der Waals surface area contributed by atoms with Crippen LogP contribution in [0.2, 0.25) is 0 Å². The molecule has 3 heterocycles. The maximum absolute atomic E-state index is 13.9. The molecule has 0 amide bonds. The normalized spacial score (nSPS) is 18.5. The van der Waals surface area contributed by atoms with Crippen molar-refractivity contribution in [2.45, 2.75) is 45.6 Å². The number of aliphatic hydroxyl groups excluding tert-OH is 2. The molecule has 2 unspecified atom stereocenters. The van der Waals surface area contributed by atoms with Gasteiger partial charge in [0, 0.05) is 38.1 Å². The number of benzene rings is 1. The zero-order chi connectivity index (χ0) is 28.3. The molecule has 4 rings (SSSR count). The van der Waals surface area contributed by atoms with E-state index < -0.39 is 30.2 Å². The third-order valence-corrected chi connectivity index (χ3v) is 6.29. The van der Waals surface area contributed by atoms with Gasteiger partial charge in [0.1, 0.15) is 0 Å². The topological polar surface area (TPSA) is 107 Å². The Balaban J connectivity index is 1.59. The third kappa shape index (κ3) is 6.79. The largest absolute Gasteiger partial charge is 0.360 e. The molecular weight excluding hydrogens is 537 g/mol. The summed E-state index contributed by atoms with van der Waals surface area (Å²) in [6.07, 6.45) is 5.70. The number of aliphatic imine (C=N–C) groups is 1. The number of nitrogens with one attached hydrogen (secondary N) is 1. The number of imidazole rings is 1. The summed E-state index contributed by atoms with van der Waals surface area (Å²) in [6.45, 7) is 1.86. The van der Waals surface area contributed by atoms with Crippen LogP contribution in [0.15, 0.2) is 40.9 Å². The van der Waals surface area contributed by atoms with Gasteiger partial charge in [-0.1, -0.05) is 24.9 Å². The minimum absolute atomic E-state index is 0.0127. The Morgan fingerprint density at radius 2 is 1.85 bits per heavy atom. The van der Waals surface area contributed by atoms with Crippen molar-refractivity contribution >= 4 is 23.6 Å². The average molecular weight is 567 g/mol. The van der Waals surface area contributed by atoms with Crippen LogP contribution in [0.25, 0.3) is 6.08 Å². The number of halogens is 4. The molecule has 0 fully saturated rings. The van der Waals surface area contributed by atoms with Crippen molar-refractivity contribution in [3.05, 3.63) is 75.9 Å². The molecule has 1 aromatic carbocycles. The molecule has 1 aliphatic rings. The smallest absolute Gasteiger partial charge is 0.211 e. The van der Waals surface area contributed by atoms with E-state index >= 15 is 0 Å². The lowest BCUT2D eigenvalue weighted by molar-refractivity contribution is -0.170. The van der Waals surface area contributed by atoms with Gasteiger partial charge < -0.3 is 20.1 Å². The van der Waals surface area contributed by atoms with Crippen molar-refractivity contribution in [2.24, 2.45) is 19.1 Å². The van der Waals surface area contributed by atoms with E-state index in [1.165, 1.54) is 9.80 Å². The SMILES string of the molecule is CCCc1cn(C)nc1/C=C(/Cl)CNC1=NC(O)N(Cc2cn(C)cn2)C(O)N1Cc1cc(F)c(F)c(F)c1. The molecule has 3 N–H and O–H groups in total. The van der Waals surface area contributed by atoms with Crippen molar-refractivity contribution in [3.63, 3.8) is 0 Å². The highest BCUT2D eigenvalue weighted by Crippen LogP contribution is 2.23. The Morgan fingerprint density at radius 1 is 1.13 bits per heavy atom. The van der Waals surface area contributed by atoms with Gasteiger partial charge in [0.05, 0.1) is 30.8 Å². The number of hydrogen-bond donors (Lipinski definition) is 3. The molecule has 0 bridgehead atoms. The lowest BCUT2D eigenvalue weighted by Gasteiger charge is -2.42. The fraction of sp³-hybridized carbons (Fsp3) is 0.400. The van der Waals surface area contributed by atoms with Gasteiger partial charge in [0.2, 0.25) is 12.3 Å². The number of rotatable bonds is 9. The summed E-state index contributed by atoms with van der Waals surface area (Å²) >= 11 is 6.48. The highest BCUT2D eigenvalue weighted by molar-refractivity contribution is 6.31. The summed E-state index contributed by atoms with van der Waals surface area (Å²) in [5, 5.41) is 29.7. The van der Waals surface area contributed by atoms with Crippen molar-refractivity contribution < 1.29 is 23.4 Å². The number of aromatic nitrogens is 4. The third-order valence-electron chi connectivity index (χ3n) is 6.05. The van der Waals surface area contributed by atoms with Gasteiger partial charge in [-0.25, -0.2) is 28.0 Å². The van der Waals surface area contributed by atoms with Crippen LogP contribution in [0, 0.1) is 17.5 Å². The average Bonchev–Trinajstić information content (AvgIpc) is 3.44. The summed E-state index contributed by atoms with van der Waals surface area (Å²) in [6, 6.07) is 1.67. The van der Waals surface area contributed by atoms with E-state index in [4.69, 9.17) is 11.6 Å². The molecule has 0 spiro atoms. The zero-order valence-electron chi connectivity index (χ0n) is 21.7. The molecule has 0 saturated heterocycles. The molecule has 0 aliphatic carbocycles. The monoisotopic (exact) mass is 566 g/mol. The van der Waals surface area contributed by atoms with E-state index in [0.29, 0.717) is 16.4 Å². The molecular formula is C25H30ClF3N8O2. The van der Waals surface area contributed by atoms with Crippen LogP contribution >= 0.6 is 11.6 Å². The summed E-state index contributed by atoms with van der Waals surface area (Å²) in [4.78, 5) is 10.9. The quantitative estimate of drug-likeness (QED) is 0.342. The van der Waals surface area contributed by atoms with Crippen molar-refractivity contribution in [1.82, 2.24) is 34.4 Å². The van der Waals surface area contributed by atoms with Crippen LogP contribution < -0.4 is 5.32 Å². The maximum Gasteiger partial charge on any atom is 0.211 e. The van der Waals surface area contributed by atoms with Crippen LogP contribution in [0.1, 0.15) is 35.9 Å². The molecule has 2 aromatic heterocycles. The van der Waals surface area contributed by atoms with E-state index in [9.17, 15) is 23.4 Å². The standard InChI is InChI=1S/C25H30ClF3N8O2/c1-4-5-16-11-35(3)33-21(16)8-17(26)9-30-23-32-24(38)37(13-18-12-34(2)14-31-18)25(39)36(23)10-15-6-19(27)22(29)20(28)7-15/h6-8,11-12,14,24-25,38-39H,4-5,9-10,13H2,1-3H3,(H,30,32)/b17-8+. The minimum atomic E-state index is -1.59. The summed E-state index contributed by atoms with van der Waals surface area (Å²) in [7, 11) is 3.59. The fourth-order valence-corrected chi connectivity index (χ4v) is 4.44. The second kappa shape index (κ2) is 12.2. The number of hydrogen-bond acceptors (Lipinski definition) is 8. The second-order valence-electron chi connectivity index (χ2n) is 9.26. The summed E-state index contributed by atoms with van der Waals surface area (Å²) in [5.74, 6) is -4.31. The van der Waals surface area contributed by atoms with E-state index in [2.05, 4.69) is 27.3 Å². The molecule has 0 radical (unpaired) electrons. The highest BCUT2D eigenvalue weighted by atomic mass is 35.5. The number of aryl methyl sites for hydroxylation is 3.